The van der Waals surface area contributed by atoms with Crippen molar-refractivity contribution in [1.82, 2.24) is 0 Å². The van der Waals surface area contributed by atoms with Crippen LogP contribution in [-0.4, -0.2) is 46.4 Å². The van der Waals surface area contributed by atoms with E-state index < -0.39 is 34.2 Å². The summed E-state index contributed by atoms with van der Waals surface area (Å²) < 4.78 is 12.2. The van der Waals surface area contributed by atoms with Crippen molar-refractivity contribution in [2.75, 3.05) is 0 Å². The molecule has 0 aromatic heterocycles. The van der Waals surface area contributed by atoms with Crippen molar-refractivity contribution >= 4 is 34.2 Å². The smallest absolute Gasteiger partial charge is 0.184 e. The van der Waals surface area contributed by atoms with Crippen molar-refractivity contribution in [3.05, 3.63) is 0 Å². The molecule has 0 fully saturated rings. The minimum Gasteiger partial charge on any atom is -0.418 e. The van der Waals surface area contributed by atoms with Crippen molar-refractivity contribution in [1.29, 1.82) is 0 Å². The predicted molar refractivity (Wildman–Crippen MR) is 134 cm³/mol. The molecule has 0 aliphatic heterocycles. The van der Waals surface area contributed by atoms with Crippen LogP contribution in [0.5, 0.6) is 0 Å². The second kappa shape index (κ2) is 10.5. The molecule has 2 atom stereocenters. The Bertz CT molecular complexity index is 394. The summed E-state index contributed by atoms with van der Waals surface area (Å²) in [5.74, 6) is 0. The number of hydrogen-bond acceptors (Lipinski definition) is 2. The standard InChI is InChI=1S/C11H28OSi2.C9H24OSi2/c1-10(12-14(7,8)9)11(2,3)13(4,5)6;1-8(10-12(6)7)9(2,3)11(4)5/h10H,1-9H3;8,11-12H,1-7H3. The maximum Gasteiger partial charge on any atom is 0.184 e. The van der Waals surface area contributed by atoms with Gasteiger partial charge in [0.05, 0.1) is 8.07 Å². The van der Waals surface area contributed by atoms with Gasteiger partial charge in [0.25, 0.3) is 0 Å². The molecule has 0 N–H and O–H groups in total. The van der Waals surface area contributed by atoms with Crippen molar-refractivity contribution in [2.45, 2.75) is 129 Å². The minimum absolute atomic E-state index is 0.354. The molecule has 0 saturated carbocycles. The maximum absolute atomic E-state index is 6.20. The molecule has 0 amide bonds. The van der Waals surface area contributed by atoms with E-state index in [-0.39, 0.29) is 0 Å². The van der Waals surface area contributed by atoms with Gasteiger partial charge in [-0.15, -0.1) is 0 Å². The van der Waals surface area contributed by atoms with Gasteiger partial charge in [-0.25, -0.2) is 0 Å². The second-order valence-corrected chi connectivity index (χ2v) is 28.1. The molecule has 0 heterocycles. The van der Waals surface area contributed by atoms with Crippen LogP contribution in [-0.2, 0) is 8.85 Å². The van der Waals surface area contributed by atoms with Gasteiger partial charge in [-0.3, -0.25) is 0 Å². The lowest BCUT2D eigenvalue weighted by atomic mass is 10.1. The Morgan fingerprint density at radius 1 is 0.731 bits per heavy atom. The number of hydrogen-bond donors (Lipinski definition) is 0. The van der Waals surface area contributed by atoms with E-state index in [1.54, 1.807) is 0 Å². The summed E-state index contributed by atoms with van der Waals surface area (Å²) in [6, 6.07) is 0. The predicted octanol–water partition coefficient (Wildman–Crippen LogP) is 6.99. The van der Waals surface area contributed by atoms with Crippen LogP contribution in [0.4, 0.5) is 0 Å². The Labute approximate surface area is 172 Å². The van der Waals surface area contributed by atoms with E-state index in [0.29, 0.717) is 22.3 Å². The van der Waals surface area contributed by atoms with E-state index in [4.69, 9.17) is 8.85 Å². The molecule has 0 radical (unpaired) electrons. The van der Waals surface area contributed by atoms with Crippen molar-refractivity contribution in [2.24, 2.45) is 0 Å². The molecule has 0 rings (SSSR count). The third-order valence-corrected chi connectivity index (χ3v) is 16.2. The fourth-order valence-electron chi connectivity index (χ4n) is 2.34. The molecule has 0 aromatic carbocycles. The minimum atomic E-state index is -1.39. The van der Waals surface area contributed by atoms with Crippen LogP contribution in [0, 0.1) is 0 Å². The highest BCUT2D eigenvalue weighted by atomic mass is 28.4. The average molecular weight is 437 g/mol. The summed E-state index contributed by atoms with van der Waals surface area (Å²) in [7, 11) is -3.98. The first kappa shape index (κ1) is 29.0. The molecular weight excluding hydrogens is 385 g/mol. The van der Waals surface area contributed by atoms with Gasteiger partial charge in [-0.05, 0) is 56.7 Å². The van der Waals surface area contributed by atoms with Crippen LogP contribution in [0.25, 0.3) is 0 Å². The molecule has 0 aromatic rings. The zero-order valence-corrected chi connectivity index (χ0v) is 25.4. The van der Waals surface area contributed by atoms with Gasteiger partial charge in [0.1, 0.15) is 0 Å². The van der Waals surface area contributed by atoms with Gasteiger partial charge in [0, 0.05) is 21.0 Å². The molecule has 0 saturated heterocycles. The molecule has 2 unspecified atom stereocenters. The highest BCUT2D eigenvalue weighted by Gasteiger charge is 2.41. The highest BCUT2D eigenvalue weighted by Crippen LogP contribution is 2.42. The third kappa shape index (κ3) is 10.4. The lowest BCUT2D eigenvalue weighted by Gasteiger charge is -2.44. The van der Waals surface area contributed by atoms with Gasteiger partial charge in [0.2, 0.25) is 0 Å². The monoisotopic (exact) mass is 436 g/mol. The first-order chi connectivity index (χ1) is 11.2. The van der Waals surface area contributed by atoms with E-state index in [9.17, 15) is 0 Å². The summed E-state index contributed by atoms with van der Waals surface area (Å²) in [6.45, 7) is 37.3. The van der Waals surface area contributed by atoms with Gasteiger partial charge in [-0.1, -0.05) is 60.4 Å². The van der Waals surface area contributed by atoms with Crippen LogP contribution in [0.15, 0.2) is 0 Å². The lowest BCUT2D eigenvalue weighted by Crippen LogP contribution is -2.46. The van der Waals surface area contributed by atoms with Crippen LogP contribution >= 0.6 is 0 Å². The summed E-state index contributed by atoms with van der Waals surface area (Å²) in [6.07, 6.45) is 0.844. The fraction of sp³-hybridized carbons (Fsp3) is 1.00. The van der Waals surface area contributed by atoms with Gasteiger partial charge in [-0.2, -0.15) is 0 Å². The summed E-state index contributed by atoms with van der Waals surface area (Å²) in [5, 5.41) is 0.796. The third-order valence-electron chi connectivity index (χ3n) is 6.49. The molecule has 0 spiro atoms. The van der Waals surface area contributed by atoms with Crippen LogP contribution in [0.3, 0.4) is 0 Å². The highest BCUT2D eigenvalue weighted by molar-refractivity contribution is 6.79. The molecule has 160 valence electrons. The van der Waals surface area contributed by atoms with Crippen molar-refractivity contribution in [3.63, 3.8) is 0 Å². The molecule has 0 aliphatic rings. The lowest BCUT2D eigenvalue weighted by molar-refractivity contribution is 0.167. The maximum atomic E-state index is 6.20. The summed E-state index contributed by atoms with van der Waals surface area (Å²) >= 11 is 0. The second-order valence-electron chi connectivity index (χ2n) is 11.6. The van der Waals surface area contributed by atoms with Crippen molar-refractivity contribution in [3.8, 4) is 0 Å². The van der Waals surface area contributed by atoms with Gasteiger partial charge < -0.3 is 8.85 Å². The van der Waals surface area contributed by atoms with Gasteiger partial charge in [0.15, 0.2) is 17.4 Å². The topological polar surface area (TPSA) is 18.5 Å². The van der Waals surface area contributed by atoms with Crippen LogP contribution < -0.4 is 0 Å². The Balaban J connectivity index is 0. The normalized spacial score (nSPS) is 16.4. The van der Waals surface area contributed by atoms with E-state index in [2.05, 4.69) is 107 Å². The zero-order valence-electron chi connectivity index (χ0n) is 21.1. The first-order valence-electron chi connectivity index (χ1n) is 10.5. The molecule has 0 aliphatic carbocycles. The SMILES string of the molecule is CC(O[SiH](C)C)C(C)(C)[SiH](C)C.CC(O[Si](C)(C)C)C(C)(C)[Si](C)(C)C. The number of rotatable bonds is 8. The Kier molecular flexibility index (Phi) is 11.7. The largest absolute Gasteiger partial charge is 0.418 e. The fourth-order valence-corrected chi connectivity index (χ4v) is 7.43. The molecular formula is C20H52O2Si4. The molecule has 26 heavy (non-hydrogen) atoms. The van der Waals surface area contributed by atoms with Crippen LogP contribution in [0.1, 0.15) is 41.5 Å². The Hall–Kier alpha value is 0.788. The van der Waals surface area contributed by atoms with E-state index in [0.717, 1.165) is 0 Å². The van der Waals surface area contributed by atoms with Gasteiger partial charge >= 0.3 is 0 Å². The molecule has 2 nitrogen and oxygen atoms in total. The Morgan fingerprint density at radius 2 is 1.12 bits per heavy atom. The first-order valence-corrected chi connectivity index (χ1v) is 23.1. The summed E-state index contributed by atoms with van der Waals surface area (Å²) in [5.41, 5.74) is 0. The van der Waals surface area contributed by atoms with E-state index in [1.807, 2.05) is 0 Å². The quantitative estimate of drug-likeness (QED) is 0.382. The summed E-state index contributed by atoms with van der Waals surface area (Å²) in [4.78, 5) is 0. The van der Waals surface area contributed by atoms with Crippen LogP contribution in [0.2, 0.25) is 75.5 Å². The molecule has 6 heteroatoms. The zero-order chi connectivity index (χ0) is 21.7. The van der Waals surface area contributed by atoms with E-state index >= 15 is 0 Å². The van der Waals surface area contributed by atoms with E-state index in [1.165, 1.54) is 0 Å². The average Bonchev–Trinajstić information content (AvgIpc) is 2.34. The Morgan fingerprint density at radius 3 is 1.35 bits per heavy atom. The van der Waals surface area contributed by atoms with Crippen molar-refractivity contribution < 1.29 is 8.85 Å². The molecule has 0 bridgehead atoms.